The van der Waals surface area contributed by atoms with Crippen LogP contribution in [-0.2, 0) is 4.74 Å². The molecule has 10 heavy (non-hydrogen) atoms. The number of hydrogen-bond acceptors (Lipinski definition) is 3. The smallest absolute Gasteiger partial charge is 0.147 e. The van der Waals surface area contributed by atoms with E-state index in [4.69, 9.17) is 4.74 Å². The Balaban J connectivity index is 2.13. The van der Waals surface area contributed by atoms with Gasteiger partial charge in [0.05, 0.1) is 6.10 Å². The van der Waals surface area contributed by atoms with Crippen molar-refractivity contribution in [1.82, 2.24) is 10.4 Å². The lowest BCUT2D eigenvalue weighted by Crippen LogP contribution is -2.41. The summed E-state index contributed by atoms with van der Waals surface area (Å²) in [5, 5.41) is 2.06. The lowest BCUT2D eigenvalue weighted by atomic mass is 10.4. The second-order valence-electron chi connectivity index (χ2n) is 3.10. The predicted octanol–water partition coefficient (Wildman–Crippen LogP) is 0.576. The highest BCUT2D eigenvalue weighted by Gasteiger charge is 2.34. The fourth-order valence-electron chi connectivity index (χ4n) is 0.671. The Bertz CT molecular complexity index is 116. The minimum absolute atomic E-state index is 0.257. The maximum absolute atomic E-state index is 5.18. The highest BCUT2D eigenvalue weighted by Crippen LogP contribution is 2.17. The highest BCUT2D eigenvalue weighted by molar-refractivity contribution is 4.76. The van der Waals surface area contributed by atoms with Gasteiger partial charge in [0.2, 0.25) is 0 Å². The first-order valence-corrected chi connectivity index (χ1v) is 3.75. The molecule has 0 aromatic heterocycles. The predicted molar refractivity (Wildman–Crippen MR) is 40.4 cm³/mol. The van der Waals surface area contributed by atoms with Gasteiger partial charge in [-0.1, -0.05) is 0 Å². The molecular weight excluding hydrogens is 128 g/mol. The van der Waals surface area contributed by atoms with Crippen LogP contribution in [0.2, 0.25) is 0 Å². The number of hydrogen-bond donors (Lipinski definition) is 1. The van der Waals surface area contributed by atoms with E-state index in [0.717, 1.165) is 0 Å². The Morgan fingerprint density at radius 3 is 2.30 bits per heavy atom. The van der Waals surface area contributed by atoms with Crippen molar-refractivity contribution >= 4 is 0 Å². The minimum atomic E-state index is 0.257. The van der Waals surface area contributed by atoms with Crippen LogP contribution in [0.4, 0.5) is 0 Å². The molecule has 0 spiro atoms. The second-order valence-corrected chi connectivity index (χ2v) is 3.10. The summed E-state index contributed by atoms with van der Waals surface area (Å²) in [5.74, 6) is 0. The first-order chi connectivity index (χ1) is 4.61. The summed E-state index contributed by atoms with van der Waals surface area (Å²) in [6, 6.07) is 0.524. The number of nitrogens with zero attached hydrogens (tertiary/aromatic N) is 1. The fourth-order valence-corrected chi connectivity index (χ4v) is 0.671. The van der Waals surface area contributed by atoms with Gasteiger partial charge in [-0.3, -0.25) is 0 Å². The molecule has 1 N–H and O–H groups in total. The monoisotopic (exact) mass is 144 g/mol. The molecule has 60 valence electrons. The van der Waals surface area contributed by atoms with Crippen molar-refractivity contribution < 1.29 is 4.74 Å². The van der Waals surface area contributed by atoms with Crippen LogP contribution < -0.4 is 5.43 Å². The topological polar surface area (TPSA) is 27.8 Å². The van der Waals surface area contributed by atoms with Crippen molar-refractivity contribution in [3.05, 3.63) is 0 Å². The van der Waals surface area contributed by atoms with E-state index in [1.54, 1.807) is 0 Å². The van der Waals surface area contributed by atoms with E-state index < -0.39 is 0 Å². The summed E-state index contributed by atoms with van der Waals surface area (Å²) in [6.07, 6.45) is 0.647. The van der Waals surface area contributed by atoms with Gasteiger partial charge in [-0.2, -0.15) is 0 Å². The van der Waals surface area contributed by atoms with Crippen LogP contribution >= 0.6 is 0 Å². The van der Waals surface area contributed by atoms with Crippen LogP contribution in [0, 0.1) is 0 Å². The zero-order valence-electron chi connectivity index (χ0n) is 7.09. The van der Waals surface area contributed by atoms with Crippen molar-refractivity contribution in [2.75, 3.05) is 7.05 Å². The standard InChI is InChI=1S/C7H16N2O/c1-5(2)9(4)8-7-6(3)10-7/h5-8H,1-4H3. The molecular formula is C7H16N2O. The maximum atomic E-state index is 5.18. The van der Waals surface area contributed by atoms with Crippen molar-refractivity contribution in [3.63, 3.8) is 0 Å². The molecule has 3 nitrogen and oxygen atoms in total. The normalized spacial score (nSPS) is 31.8. The van der Waals surface area contributed by atoms with Crippen LogP contribution in [0.15, 0.2) is 0 Å². The first kappa shape index (κ1) is 7.98. The Kier molecular flexibility index (Phi) is 2.28. The number of epoxide rings is 1. The zero-order chi connectivity index (χ0) is 7.72. The SMILES string of the molecule is CC1OC1NN(C)C(C)C. The summed E-state index contributed by atoms with van der Waals surface area (Å²) >= 11 is 0. The van der Waals surface area contributed by atoms with Crippen molar-refractivity contribution in [2.45, 2.75) is 39.1 Å². The molecule has 0 amide bonds. The lowest BCUT2D eigenvalue weighted by Gasteiger charge is -2.20. The van der Waals surface area contributed by atoms with E-state index in [1.165, 1.54) is 0 Å². The number of ether oxygens (including phenoxy) is 1. The summed E-state index contributed by atoms with van der Waals surface area (Å²) in [7, 11) is 2.03. The first-order valence-electron chi connectivity index (χ1n) is 3.75. The molecule has 2 unspecified atom stereocenters. The average molecular weight is 144 g/mol. The van der Waals surface area contributed by atoms with E-state index in [-0.39, 0.29) is 6.23 Å². The molecule has 0 radical (unpaired) electrons. The van der Waals surface area contributed by atoms with Crippen molar-refractivity contribution in [1.29, 1.82) is 0 Å². The quantitative estimate of drug-likeness (QED) is 0.464. The minimum Gasteiger partial charge on any atom is -0.352 e. The highest BCUT2D eigenvalue weighted by atomic mass is 16.6. The molecule has 0 bridgehead atoms. The van der Waals surface area contributed by atoms with Gasteiger partial charge in [-0.15, -0.1) is 0 Å². The maximum Gasteiger partial charge on any atom is 0.147 e. The van der Waals surface area contributed by atoms with Gasteiger partial charge in [-0.25, -0.2) is 10.4 Å². The second kappa shape index (κ2) is 2.86. The molecule has 2 atom stereocenters. The van der Waals surface area contributed by atoms with Gasteiger partial charge in [0, 0.05) is 13.1 Å². The molecule has 0 saturated carbocycles. The van der Waals surface area contributed by atoms with Gasteiger partial charge in [0.15, 0.2) is 0 Å². The third-order valence-corrected chi connectivity index (χ3v) is 1.82. The summed E-state index contributed by atoms with van der Waals surface area (Å²) in [5.41, 5.74) is 3.21. The molecule has 3 heteroatoms. The van der Waals surface area contributed by atoms with E-state index >= 15 is 0 Å². The summed E-state index contributed by atoms with van der Waals surface area (Å²) in [6.45, 7) is 6.34. The largest absolute Gasteiger partial charge is 0.352 e. The zero-order valence-corrected chi connectivity index (χ0v) is 7.09. The Morgan fingerprint density at radius 2 is 2.00 bits per heavy atom. The molecule has 0 aliphatic carbocycles. The number of rotatable bonds is 3. The van der Waals surface area contributed by atoms with Crippen LogP contribution in [0.3, 0.4) is 0 Å². The van der Waals surface area contributed by atoms with Crippen molar-refractivity contribution in [3.8, 4) is 0 Å². The molecule has 1 aliphatic heterocycles. The third kappa shape index (κ3) is 1.94. The molecule has 1 aliphatic rings. The Hall–Kier alpha value is -0.120. The molecule has 1 rings (SSSR count). The summed E-state index contributed by atoms with van der Waals surface area (Å²) in [4.78, 5) is 0. The molecule has 1 saturated heterocycles. The van der Waals surface area contributed by atoms with E-state index in [2.05, 4.69) is 31.2 Å². The average Bonchev–Trinajstić information content (AvgIpc) is 2.46. The van der Waals surface area contributed by atoms with E-state index in [0.29, 0.717) is 12.1 Å². The number of nitrogens with one attached hydrogen (secondary N) is 1. The molecule has 1 heterocycles. The van der Waals surface area contributed by atoms with Crippen LogP contribution in [0.1, 0.15) is 20.8 Å². The van der Waals surface area contributed by atoms with Crippen LogP contribution in [0.5, 0.6) is 0 Å². The van der Waals surface area contributed by atoms with Gasteiger partial charge in [-0.05, 0) is 20.8 Å². The van der Waals surface area contributed by atoms with Crippen molar-refractivity contribution in [2.24, 2.45) is 0 Å². The fraction of sp³-hybridized carbons (Fsp3) is 1.00. The van der Waals surface area contributed by atoms with Gasteiger partial charge in [0.1, 0.15) is 6.23 Å². The van der Waals surface area contributed by atoms with Crippen LogP contribution in [0.25, 0.3) is 0 Å². The number of hydrazine groups is 1. The Labute approximate surface area is 62.3 Å². The van der Waals surface area contributed by atoms with E-state index in [1.807, 2.05) is 7.05 Å². The van der Waals surface area contributed by atoms with Crippen LogP contribution in [-0.4, -0.2) is 30.4 Å². The van der Waals surface area contributed by atoms with Gasteiger partial charge >= 0.3 is 0 Å². The molecule has 1 fully saturated rings. The Morgan fingerprint density at radius 1 is 1.50 bits per heavy atom. The van der Waals surface area contributed by atoms with Gasteiger partial charge in [0.25, 0.3) is 0 Å². The third-order valence-electron chi connectivity index (χ3n) is 1.82. The van der Waals surface area contributed by atoms with E-state index in [9.17, 15) is 0 Å². The van der Waals surface area contributed by atoms with Gasteiger partial charge < -0.3 is 4.74 Å². The lowest BCUT2D eigenvalue weighted by molar-refractivity contribution is 0.148. The molecule has 0 aromatic rings. The summed E-state index contributed by atoms with van der Waals surface area (Å²) < 4.78 is 5.18. The molecule has 0 aromatic carbocycles.